The van der Waals surface area contributed by atoms with Crippen LogP contribution in [0.2, 0.25) is 0 Å². The van der Waals surface area contributed by atoms with Crippen molar-refractivity contribution in [3.05, 3.63) is 12.2 Å². The van der Waals surface area contributed by atoms with Gasteiger partial charge in [-0.05, 0) is 18.4 Å². The van der Waals surface area contributed by atoms with E-state index < -0.39 is 0 Å². The molecule has 0 N–H and O–H groups in total. The van der Waals surface area contributed by atoms with E-state index in [0.717, 1.165) is 6.42 Å². The maximum atomic E-state index is 11.1. The first kappa shape index (κ1) is 11.4. The molecule has 0 atom stereocenters. The van der Waals surface area contributed by atoms with Gasteiger partial charge in [0.15, 0.2) is 5.78 Å². The van der Waals surface area contributed by atoms with Crippen molar-refractivity contribution in [2.75, 3.05) is 0 Å². The second-order valence-corrected chi connectivity index (χ2v) is 3.61. The molecule has 0 fully saturated rings. The minimum Gasteiger partial charge on any atom is -0.295 e. The highest BCUT2D eigenvalue weighted by Crippen LogP contribution is 2.02. The van der Waals surface area contributed by atoms with Crippen molar-refractivity contribution < 1.29 is 4.79 Å². The molecule has 0 aliphatic carbocycles. The molecule has 0 unspecified atom stereocenters. The largest absolute Gasteiger partial charge is 0.295 e. The Morgan fingerprint density at radius 3 is 2.58 bits per heavy atom. The standard InChI is InChI=1S/C11H20O/c1-4-5-6-7-8-11(12)9-10(2)3/h7-8,10H,4-6,9H2,1-3H3/b8-7+. The van der Waals surface area contributed by atoms with Crippen LogP contribution in [0.15, 0.2) is 12.2 Å². The third kappa shape index (κ3) is 7.52. The number of rotatable bonds is 6. The van der Waals surface area contributed by atoms with E-state index in [2.05, 4.69) is 20.8 Å². The van der Waals surface area contributed by atoms with Gasteiger partial charge in [0.2, 0.25) is 0 Å². The van der Waals surface area contributed by atoms with Gasteiger partial charge in [0.25, 0.3) is 0 Å². The third-order valence-electron chi connectivity index (χ3n) is 1.64. The van der Waals surface area contributed by atoms with Crippen LogP contribution in [0.25, 0.3) is 0 Å². The Hall–Kier alpha value is -0.590. The molecule has 0 spiro atoms. The van der Waals surface area contributed by atoms with Gasteiger partial charge < -0.3 is 0 Å². The number of allylic oxidation sites excluding steroid dienone is 2. The molecule has 0 bridgehead atoms. The van der Waals surface area contributed by atoms with Crippen molar-refractivity contribution in [3.8, 4) is 0 Å². The second-order valence-electron chi connectivity index (χ2n) is 3.61. The molecule has 1 nitrogen and oxygen atoms in total. The van der Waals surface area contributed by atoms with Gasteiger partial charge in [-0.2, -0.15) is 0 Å². The monoisotopic (exact) mass is 168 g/mol. The van der Waals surface area contributed by atoms with Crippen molar-refractivity contribution in [3.63, 3.8) is 0 Å². The van der Waals surface area contributed by atoms with Crippen LogP contribution >= 0.6 is 0 Å². The van der Waals surface area contributed by atoms with Crippen LogP contribution in [0, 0.1) is 5.92 Å². The fourth-order valence-corrected chi connectivity index (χ4v) is 1.01. The summed E-state index contributed by atoms with van der Waals surface area (Å²) in [6.07, 6.45) is 7.83. The molecule has 0 rings (SSSR count). The molecule has 70 valence electrons. The number of hydrogen-bond donors (Lipinski definition) is 0. The molecule has 0 aromatic heterocycles. The minimum atomic E-state index is 0.265. The smallest absolute Gasteiger partial charge is 0.155 e. The van der Waals surface area contributed by atoms with Gasteiger partial charge in [0, 0.05) is 6.42 Å². The maximum absolute atomic E-state index is 11.1. The maximum Gasteiger partial charge on any atom is 0.155 e. The van der Waals surface area contributed by atoms with Crippen molar-refractivity contribution in [1.29, 1.82) is 0 Å². The van der Waals surface area contributed by atoms with Crippen molar-refractivity contribution in [2.24, 2.45) is 5.92 Å². The highest BCUT2D eigenvalue weighted by atomic mass is 16.1. The average molecular weight is 168 g/mol. The van der Waals surface area contributed by atoms with Crippen LogP contribution < -0.4 is 0 Å². The van der Waals surface area contributed by atoms with Gasteiger partial charge in [-0.15, -0.1) is 0 Å². The molecular weight excluding hydrogens is 148 g/mol. The molecular formula is C11H20O. The summed E-state index contributed by atoms with van der Waals surface area (Å²) in [7, 11) is 0. The van der Waals surface area contributed by atoms with Gasteiger partial charge in [-0.1, -0.05) is 39.7 Å². The zero-order valence-corrected chi connectivity index (χ0v) is 8.47. The lowest BCUT2D eigenvalue weighted by Gasteiger charge is -1.98. The highest BCUT2D eigenvalue weighted by molar-refractivity contribution is 5.89. The Balaban J connectivity index is 3.47. The number of carbonyl (C=O) groups is 1. The van der Waals surface area contributed by atoms with Gasteiger partial charge in [-0.3, -0.25) is 4.79 Å². The summed E-state index contributed by atoms with van der Waals surface area (Å²) in [6.45, 7) is 6.29. The molecule has 0 saturated heterocycles. The van der Waals surface area contributed by atoms with E-state index in [-0.39, 0.29) is 5.78 Å². The minimum absolute atomic E-state index is 0.265. The first-order valence-electron chi connectivity index (χ1n) is 4.86. The molecule has 0 aromatic carbocycles. The van der Waals surface area contributed by atoms with E-state index in [0.29, 0.717) is 12.3 Å². The van der Waals surface area contributed by atoms with E-state index in [1.807, 2.05) is 6.08 Å². The molecule has 12 heavy (non-hydrogen) atoms. The fourth-order valence-electron chi connectivity index (χ4n) is 1.01. The summed E-state index contributed by atoms with van der Waals surface area (Å²) in [6, 6.07) is 0. The second kappa shape index (κ2) is 7.08. The lowest BCUT2D eigenvalue weighted by molar-refractivity contribution is -0.115. The number of unbranched alkanes of at least 4 members (excludes halogenated alkanes) is 2. The third-order valence-corrected chi connectivity index (χ3v) is 1.64. The SMILES string of the molecule is CCCC/C=C/C(=O)CC(C)C. The number of hydrogen-bond acceptors (Lipinski definition) is 1. The van der Waals surface area contributed by atoms with Crippen LogP contribution in [-0.4, -0.2) is 5.78 Å². The Morgan fingerprint density at radius 2 is 2.08 bits per heavy atom. The Bertz CT molecular complexity index is 145. The van der Waals surface area contributed by atoms with Crippen LogP contribution in [0.4, 0.5) is 0 Å². The summed E-state index contributed by atoms with van der Waals surface area (Å²) in [4.78, 5) is 11.1. The zero-order valence-electron chi connectivity index (χ0n) is 8.47. The summed E-state index contributed by atoms with van der Waals surface area (Å²) in [5, 5.41) is 0. The number of ketones is 1. The van der Waals surface area contributed by atoms with Gasteiger partial charge in [0.05, 0.1) is 0 Å². The van der Waals surface area contributed by atoms with E-state index >= 15 is 0 Å². The predicted octanol–water partition coefficient (Wildman–Crippen LogP) is 3.35. The van der Waals surface area contributed by atoms with E-state index in [4.69, 9.17) is 0 Å². The van der Waals surface area contributed by atoms with E-state index in [1.165, 1.54) is 12.8 Å². The quantitative estimate of drug-likeness (QED) is 0.439. The van der Waals surface area contributed by atoms with E-state index in [9.17, 15) is 4.79 Å². The van der Waals surface area contributed by atoms with Crippen molar-refractivity contribution in [1.82, 2.24) is 0 Å². The fraction of sp³-hybridized carbons (Fsp3) is 0.727. The van der Waals surface area contributed by atoms with Crippen LogP contribution in [0.5, 0.6) is 0 Å². The molecule has 1 heteroatoms. The lowest BCUT2D eigenvalue weighted by Crippen LogP contribution is -1.98. The Morgan fingerprint density at radius 1 is 1.42 bits per heavy atom. The van der Waals surface area contributed by atoms with E-state index in [1.54, 1.807) is 6.08 Å². The molecule has 0 amide bonds. The molecule has 0 saturated carbocycles. The number of carbonyl (C=O) groups excluding carboxylic acids is 1. The zero-order chi connectivity index (χ0) is 9.40. The molecule has 0 radical (unpaired) electrons. The first-order chi connectivity index (χ1) is 5.66. The van der Waals surface area contributed by atoms with Crippen LogP contribution in [-0.2, 0) is 4.79 Å². The molecule has 0 heterocycles. The topological polar surface area (TPSA) is 17.1 Å². The molecule has 0 aliphatic rings. The summed E-state index contributed by atoms with van der Waals surface area (Å²) in [5.74, 6) is 0.745. The lowest BCUT2D eigenvalue weighted by atomic mass is 10.1. The summed E-state index contributed by atoms with van der Waals surface area (Å²) in [5.41, 5.74) is 0. The average Bonchev–Trinajstić information content (AvgIpc) is 1.97. The first-order valence-corrected chi connectivity index (χ1v) is 4.86. The van der Waals surface area contributed by atoms with Gasteiger partial charge in [0.1, 0.15) is 0 Å². The molecule has 0 aliphatic heterocycles. The van der Waals surface area contributed by atoms with Gasteiger partial charge >= 0.3 is 0 Å². The predicted molar refractivity (Wildman–Crippen MR) is 53.1 cm³/mol. The van der Waals surface area contributed by atoms with Crippen LogP contribution in [0.3, 0.4) is 0 Å². The van der Waals surface area contributed by atoms with Crippen LogP contribution in [0.1, 0.15) is 46.5 Å². The summed E-state index contributed by atoms with van der Waals surface area (Å²) >= 11 is 0. The molecule has 0 aromatic rings. The van der Waals surface area contributed by atoms with Crippen molar-refractivity contribution in [2.45, 2.75) is 46.5 Å². The Kier molecular flexibility index (Phi) is 6.73. The van der Waals surface area contributed by atoms with Crippen molar-refractivity contribution >= 4 is 5.78 Å². The summed E-state index contributed by atoms with van der Waals surface area (Å²) < 4.78 is 0. The normalized spacial score (nSPS) is 11.3. The van der Waals surface area contributed by atoms with Gasteiger partial charge in [-0.25, -0.2) is 0 Å². The highest BCUT2D eigenvalue weighted by Gasteiger charge is 1.99. The Labute approximate surface area is 75.9 Å².